The number of nitro groups is 1. The zero-order chi connectivity index (χ0) is 15.8. The molecule has 0 atom stereocenters. The molecule has 0 radical (unpaired) electrons. The van der Waals surface area contributed by atoms with Crippen molar-refractivity contribution in [2.75, 3.05) is 37.3 Å². The lowest BCUT2D eigenvalue weighted by atomic mass is 10.2. The quantitative estimate of drug-likeness (QED) is 0.375. The van der Waals surface area contributed by atoms with E-state index < -0.39 is 0 Å². The summed E-state index contributed by atoms with van der Waals surface area (Å²) < 4.78 is 2.02. The molecule has 0 aliphatic carbocycles. The summed E-state index contributed by atoms with van der Waals surface area (Å²) in [5.41, 5.74) is 1.49. The van der Waals surface area contributed by atoms with Crippen LogP contribution >= 0.6 is 0 Å². The first-order chi connectivity index (χ1) is 10.7. The molecule has 0 saturated carbocycles. The monoisotopic (exact) mass is 303 g/mol. The van der Waals surface area contributed by atoms with E-state index >= 15 is 0 Å². The Labute approximate surface area is 129 Å². The van der Waals surface area contributed by atoms with Crippen molar-refractivity contribution in [3.8, 4) is 0 Å². The van der Waals surface area contributed by atoms with Gasteiger partial charge < -0.3 is 20.5 Å². The van der Waals surface area contributed by atoms with Gasteiger partial charge in [0.1, 0.15) is 5.69 Å². The molecule has 0 amide bonds. The molecule has 3 N–H and O–H groups in total. The molecule has 0 aliphatic rings. The summed E-state index contributed by atoms with van der Waals surface area (Å²) >= 11 is 0. The fourth-order valence-electron chi connectivity index (χ4n) is 2.12. The van der Waals surface area contributed by atoms with E-state index in [1.54, 1.807) is 12.1 Å². The van der Waals surface area contributed by atoms with Crippen molar-refractivity contribution in [3.05, 3.63) is 52.8 Å². The molecule has 0 saturated heterocycles. The third-order valence-electron chi connectivity index (χ3n) is 3.25. The molecular weight excluding hydrogens is 282 g/mol. The first-order valence-electron chi connectivity index (χ1n) is 7.22. The maximum atomic E-state index is 11.1. The smallest absolute Gasteiger partial charge is 0.292 e. The minimum atomic E-state index is -0.366. The molecule has 0 aliphatic heterocycles. The highest BCUT2D eigenvalue weighted by molar-refractivity contribution is 5.68. The molecule has 1 heterocycles. The first-order valence-corrected chi connectivity index (χ1v) is 7.22. The minimum absolute atomic E-state index is 0.0895. The standard InChI is InChI=1S/C15H21N5O2/c1-16-6-7-17-13-4-5-15(20(21)22)14(12-13)18-8-11-19-9-2-3-10-19/h2-5,9-10,12,16-18H,6-8,11H2,1H3. The summed E-state index contributed by atoms with van der Waals surface area (Å²) in [6.07, 6.45) is 3.93. The SMILES string of the molecule is CNCCNc1ccc([N+](=O)[O-])c(NCCn2cccc2)c1. The van der Waals surface area contributed by atoms with Gasteiger partial charge in [0.25, 0.3) is 5.69 Å². The van der Waals surface area contributed by atoms with Crippen molar-refractivity contribution in [1.29, 1.82) is 0 Å². The maximum Gasteiger partial charge on any atom is 0.292 e. The first kappa shape index (κ1) is 15.8. The molecule has 7 nitrogen and oxygen atoms in total. The lowest BCUT2D eigenvalue weighted by Crippen LogP contribution is -2.18. The Hall–Kier alpha value is -2.54. The lowest BCUT2D eigenvalue weighted by molar-refractivity contribution is -0.383. The Morgan fingerprint density at radius 1 is 1.14 bits per heavy atom. The summed E-state index contributed by atoms with van der Waals surface area (Å²) in [7, 11) is 1.88. The topological polar surface area (TPSA) is 84.2 Å². The van der Waals surface area contributed by atoms with Gasteiger partial charge in [-0.05, 0) is 31.3 Å². The highest BCUT2D eigenvalue weighted by atomic mass is 16.6. The van der Waals surface area contributed by atoms with Gasteiger partial charge in [-0.25, -0.2) is 0 Å². The summed E-state index contributed by atoms with van der Waals surface area (Å²) in [4.78, 5) is 10.7. The highest BCUT2D eigenvalue weighted by Gasteiger charge is 2.13. The van der Waals surface area contributed by atoms with Gasteiger partial charge in [0.2, 0.25) is 0 Å². The summed E-state index contributed by atoms with van der Waals surface area (Å²) in [6, 6.07) is 8.94. The average molecular weight is 303 g/mol. The van der Waals surface area contributed by atoms with Gasteiger partial charge >= 0.3 is 0 Å². The molecule has 2 rings (SSSR count). The summed E-state index contributed by atoms with van der Waals surface area (Å²) in [5.74, 6) is 0. The van der Waals surface area contributed by atoms with Crippen LogP contribution < -0.4 is 16.0 Å². The van der Waals surface area contributed by atoms with Crippen molar-refractivity contribution < 1.29 is 4.92 Å². The molecule has 0 bridgehead atoms. The zero-order valence-electron chi connectivity index (χ0n) is 12.6. The third-order valence-corrected chi connectivity index (χ3v) is 3.25. The van der Waals surface area contributed by atoms with Crippen LogP contribution in [0.3, 0.4) is 0 Å². The number of nitrogens with one attached hydrogen (secondary N) is 3. The van der Waals surface area contributed by atoms with Crippen LogP contribution in [0.25, 0.3) is 0 Å². The van der Waals surface area contributed by atoms with Gasteiger partial charge in [-0.2, -0.15) is 0 Å². The van der Waals surface area contributed by atoms with E-state index in [0.717, 1.165) is 25.3 Å². The molecule has 0 fully saturated rings. The van der Waals surface area contributed by atoms with Crippen molar-refractivity contribution in [2.45, 2.75) is 6.54 Å². The Morgan fingerprint density at radius 3 is 2.59 bits per heavy atom. The van der Waals surface area contributed by atoms with Gasteiger partial charge in [-0.15, -0.1) is 0 Å². The van der Waals surface area contributed by atoms with E-state index in [4.69, 9.17) is 0 Å². The lowest BCUT2D eigenvalue weighted by Gasteiger charge is -2.11. The number of nitro benzene ring substituents is 1. The van der Waals surface area contributed by atoms with Crippen LogP contribution in [-0.4, -0.2) is 36.2 Å². The van der Waals surface area contributed by atoms with Crippen LogP contribution in [0.1, 0.15) is 0 Å². The Bertz CT molecular complexity index is 598. The van der Waals surface area contributed by atoms with E-state index in [1.165, 1.54) is 6.07 Å². The van der Waals surface area contributed by atoms with Crippen molar-refractivity contribution in [3.63, 3.8) is 0 Å². The van der Waals surface area contributed by atoms with Crippen molar-refractivity contribution in [1.82, 2.24) is 9.88 Å². The summed E-state index contributed by atoms with van der Waals surface area (Å²) in [6.45, 7) is 2.96. The normalized spacial score (nSPS) is 10.4. The van der Waals surface area contributed by atoms with E-state index in [2.05, 4.69) is 16.0 Å². The number of aromatic nitrogens is 1. The molecule has 0 unspecified atom stereocenters. The van der Waals surface area contributed by atoms with Crippen LogP contribution in [0.4, 0.5) is 17.1 Å². The maximum absolute atomic E-state index is 11.1. The van der Waals surface area contributed by atoms with Gasteiger partial charge in [0.15, 0.2) is 0 Å². The number of likely N-dealkylation sites (N-methyl/N-ethyl adjacent to an activating group) is 1. The van der Waals surface area contributed by atoms with Gasteiger partial charge in [-0.1, -0.05) is 0 Å². The van der Waals surface area contributed by atoms with Gasteiger partial charge in [0.05, 0.1) is 4.92 Å². The fraction of sp³-hybridized carbons (Fsp3) is 0.333. The fourth-order valence-corrected chi connectivity index (χ4v) is 2.12. The number of hydrogen-bond acceptors (Lipinski definition) is 5. The van der Waals surface area contributed by atoms with E-state index in [1.807, 2.05) is 36.1 Å². The van der Waals surface area contributed by atoms with Gasteiger partial charge in [-0.3, -0.25) is 10.1 Å². The molecular formula is C15H21N5O2. The number of nitrogens with zero attached hydrogens (tertiary/aromatic N) is 2. The van der Waals surface area contributed by atoms with E-state index in [9.17, 15) is 10.1 Å². The second-order valence-corrected chi connectivity index (χ2v) is 4.87. The molecule has 2 aromatic rings. The Kier molecular flexibility index (Phi) is 5.79. The molecule has 22 heavy (non-hydrogen) atoms. The largest absolute Gasteiger partial charge is 0.384 e. The molecule has 1 aromatic heterocycles. The number of hydrogen-bond donors (Lipinski definition) is 3. The summed E-state index contributed by atoms with van der Waals surface area (Å²) in [5, 5.41) is 20.5. The van der Waals surface area contributed by atoms with Crippen molar-refractivity contribution in [2.24, 2.45) is 0 Å². The molecule has 0 spiro atoms. The van der Waals surface area contributed by atoms with Gasteiger partial charge in [0, 0.05) is 50.3 Å². The van der Waals surface area contributed by atoms with Crippen molar-refractivity contribution >= 4 is 17.1 Å². The number of benzene rings is 1. The molecule has 118 valence electrons. The third kappa shape index (κ3) is 4.49. The second-order valence-electron chi connectivity index (χ2n) is 4.87. The average Bonchev–Trinajstić information content (AvgIpc) is 3.01. The predicted octanol–water partition coefficient (Wildman–Crippen LogP) is 2.14. The van der Waals surface area contributed by atoms with Crippen LogP contribution in [-0.2, 0) is 6.54 Å². The highest BCUT2D eigenvalue weighted by Crippen LogP contribution is 2.27. The molecule has 1 aromatic carbocycles. The second kappa shape index (κ2) is 8.04. The van der Waals surface area contributed by atoms with Crippen LogP contribution in [0.15, 0.2) is 42.7 Å². The minimum Gasteiger partial charge on any atom is -0.384 e. The van der Waals surface area contributed by atoms with Crippen LogP contribution in [0, 0.1) is 10.1 Å². The number of anilines is 2. The molecule has 7 heteroatoms. The Balaban J connectivity index is 2.01. The van der Waals surface area contributed by atoms with E-state index in [-0.39, 0.29) is 10.6 Å². The van der Waals surface area contributed by atoms with Crippen LogP contribution in [0.2, 0.25) is 0 Å². The zero-order valence-corrected chi connectivity index (χ0v) is 12.6. The Morgan fingerprint density at radius 2 is 1.91 bits per heavy atom. The van der Waals surface area contributed by atoms with E-state index in [0.29, 0.717) is 12.2 Å². The number of rotatable bonds is 9. The van der Waals surface area contributed by atoms with Crippen LogP contribution in [0.5, 0.6) is 0 Å². The predicted molar refractivity (Wildman–Crippen MR) is 88.4 cm³/mol.